The first-order chi connectivity index (χ1) is 35.4. The zero-order chi connectivity index (χ0) is 56.2. The van der Waals surface area contributed by atoms with E-state index in [9.17, 15) is 15.3 Å². The Morgan fingerprint density at radius 1 is 0.526 bits per heavy atom. The van der Waals surface area contributed by atoms with Crippen LogP contribution in [-0.2, 0) is 8.85 Å². The van der Waals surface area contributed by atoms with Crippen LogP contribution in [0.2, 0.25) is 36.3 Å². The van der Waals surface area contributed by atoms with Crippen molar-refractivity contribution in [2.24, 2.45) is 46.3 Å². The van der Waals surface area contributed by atoms with Gasteiger partial charge in [0.15, 0.2) is 16.6 Å². The van der Waals surface area contributed by atoms with Crippen LogP contribution >= 0.6 is 33.3 Å². The molecule has 10 heteroatoms. The molecule has 0 aromatic heterocycles. The van der Waals surface area contributed by atoms with Crippen LogP contribution in [0.25, 0.3) is 0 Å². The van der Waals surface area contributed by atoms with Gasteiger partial charge < -0.3 is 24.2 Å². The summed E-state index contributed by atoms with van der Waals surface area (Å²) in [5.41, 5.74) is -0.476. The topological polar surface area (TPSA) is 79.2 Å². The Morgan fingerprint density at radius 2 is 0.882 bits per heavy atom. The quantitative estimate of drug-likeness (QED) is 0.0553. The summed E-state index contributed by atoms with van der Waals surface area (Å²) in [7, 11) is 0.0511. The van der Waals surface area contributed by atoms with Crippen LogP contribution in [0.1, 0.15) is 186 Å². The molecule has 0 aliphatic heterocycles. The molecule has 0 bridgehead atoms. The van der Waals surface area contributed by atoms with E-state index in [0.717, 1.165) is 38.0 Å². The van der Waals surface area contributed by atoms with E-state index < -0.39 is 27.8 Å². The first-order valence-corrected chi connectivity index (χ1v) is 38.9. The first-order valence-electron chi connectivity index (χ1n) is 29.9. The summed E-state index contributed by atoms with van der Waals surface area (Å²) in [5, 5.41) is 31.1. The van der Waals surface area contributed by atoms with Crippen molar-refractivity contribution in [2.75, 3.05) is 12.4 Å². The van der Waals surface area contributed by atoms with Crippen LogP contribution in [0.15, 0.2) is 106 Å². The number of aliphatic hydroxyl groups excluding tert-OH is 1. The van der Waals surface area contributed by atoms with Crippen molar-refractivity contribution in [3.63, 3.8) is 0 Å². The molecular weight excluding hydrogens is 1030 g/mol. The van der Waals surface area contributed by atoms with Crippen LogP contribution in [0.3, 0.4) is 0 Å². The van der Waals surface area contributed by atoms with Gasteiger partial charge in [0.2, 0.25) is 0 Å². The molecule has 3 aromatic rings. The molecule has 76 heavy (non-hydrogen) atoms. The fraction of sp³-hybridized carbons (Fsp3) is 0.727. The smallest absolute Gasteiger partial charge is 0.192 e. The fourth-order valence-corrected chi connectivity index (χ4v) is 19.4. The highest BCUT2D eigenvalue weighted by molar-refractivity contribution is 8.76. The molecule has 3 N–H and O–H groups in total. The van der Waals surface area contributed by atoms with Gasteiger partial charge in [0, 0.05) is 39.3 Å². The third-order valence-corrected chi connectivity index (χ3v) is 32.4. The molecular formula is C66H110O5S3Si2. The molecule has 7 rings (SSSR count). The average molecular weight is 1140 g/mol. The molecule has 3 aromatic carbocycles. The Kier molecular flexibility index (Phi) is 24.5. The van der Waals surface area contributed by atoms with Gasteiger partial charge in [0.25, 0.3) is 0 Å². The zero-order valence-electron chi connectivity index (χ0n) is 50.9. The fourth-order valence-electron chi connectivity index (χ4n) is 13.4. The number of hydrogen-bond donors (Lipinski definition) is 3. The minimum atomic E-state index is -1.77. The molecule has 0 spiro atoms. The van der Waals surface area contributed by atoms with E-state index in [1.54, 1.807) is 21.6 Å². The van der Waals surface area contributed by atoms with Gasteiger partial charge in [-0.05, 0) is 224 Å². The van der Waals surface area contributed by atoms with Crippen LogP contribution in [0, 0.1) is 46.3 Å². The Hall–Kier alpha value is -1.06. The number of benzene rings is 3. The van der Waals surface area contributed by atoms with Crippen molar-refractivity contribution >= 4 is 50.0 Å². The average Bonchev–Trinajstić information content (AvgIpc) is 3.88. The van der Waals surface area contributed by atoms with E-state index in [1.165, 1.54) is 91.1 Å². The number of rotatable bonds is 21. The standard InChI is InChI=1S/C30H52O2SSi.C24H48O3Si.C12H10S2/c1-28(2,3)34(7,8)32-27-17-13-21-30(6)25(18-19-26(27)30)23(14-12-20-29(4,5)31)22-33-24-15-10-9-11-16-24;1-22(2,3)28(7,8)27-21-12-10-16-24(6)19(13-14-20(21)24)18(17-25)11-9-15-23(4,5)26;1-3-7-11(8-4-1)13-14-12-9-5-2-6-10-12/h9-11,15-16,23,25-27,31H,12-14,17-22H2,1-8H3;18-21,25-26H,9-17H2,1-8H3;1-10H/t23-,25?,26?,27-,30+;18-,19?,20?,21-,24+;/m00./s1. The van der Waals surface area contributed by atoms with Gasteiger partial charge >= 0.3 is 0 Å². The minimum absolute atomic E-state index is 0.254. The summed E-state index contributed by atoms with van der Waals surface area (Å²) in [6.45, 7) is 36.9. The molecule has 0 saturated heterocycles. The maximum Gasteiger partial charge on any atom is 0.192 e. The van der Waals surface area contributed by atoms with Crippen molar-refractivity contribution < 1.29 is 24.2 Å². The number of fused-ring (bicyclic) bond motifs is 2. The summed E-state index contributed by atoms with van der Waals surface area (Å²) in [5.74, 6) is 4.97. The predicted octanol–water partition coefficient (Wildman–Crippen LogP) is 19.6. The highest BCUT2D eigenvalue weighted by Gasteiger charge is 2.56. The van der Waals surface area contributed by atoms with Crippen LogP contribution in [-0.4, -0.2) is 67.7 Å². The van der Waals surface area contributed by atoms with Gasteiger partial charge in [0.1, 0.15) is 0 Å². The predicted molar refractivity (Wildman–Crippen MR) is 337 cm³/mol. The Morgan fingerprint density at radius 3 is 1.24 bits per heavy atom. The molecule has 0 heterocycles. The maximum atomic E-state index is 10.3. The van der Waals surface area contributed by atoms with Crippen molar-refractivity contribution in [3.05, 3.63) is 91.0 Å². The summed E-state index contributed by atoms with van der Waals surface area (Å²) >= 11 is 2.04. The van der Waals surface area contributed by atoms with E-state index in [1.807, 2.05) is 51.6 Å². The lowest BCUT2D eigenvalue weighted by molar-refractivity contribution is -0.0309. The molecule has 5 nitrogen and oxygen atoms in total. The van der Waals surface area contributed by atoms with Gasteiger partial charge in [0.05, 0.1) is 11.2 Å². The number of aliphatic hydroxyl groups is 3. The monoisotopic (exact) mass is 1130 g/mol. The molecule has 0 radical (unpaired) electrons. The van der Waals surface area contributed by atoms with Gasteiger partial charge in [-0.1, -0.05) is 157 Å². The summed E-state index contributed by atoms with van der Waals surface area (Å²) < 4.78 is 14.1. The van der Waals surface area contributed by atoms with Crippen molar-refractivity contribution in [3.8, 4) is 0 Å². The molecule has 0 amide bonds. The summed E-state index contributed by atoms with van der Waals surface area (Å²) in [6.07, 6.45) is 19.7. The van der Waals surface area contributed by atoms with Crippen LogP contribution in [0.5, 0.6) is 0 Å². The molecule has 10 atom stereocenters. The largest absolute Gasteiger partial charge is 0.414 e. The first kappa shape index (κ1) is 65.8. The Balaban J connectivity index is 0.000000227. The number of thioether (sulfide) groups is 1. The minimum Gasteiger partial charge on any atom is -0.414 e. The van der Waals surface area contributed by atoms with E-state index >= 15 is 0 Å². The molecule has 4 saturated carbocycles. The highest BCUT2D eigenvalue weighted by atomic mass is 33.1. The van der Waals surface area contributed by atoms with E-state index in [-0.39, 0.29) is 16.7 Å². The van der Waals surface area contributed by atoms with E-state index in [0.29, 0.717) is 52.6 Å². The molecule has 4 aliphatic carbocycles. The Bertz CT molecular complexity index is 2080. The van der Waals surface area contributed by atoms with Gasteiger partial charge in [-0.2, -0.15) is 0 Å². The van der Waals surface area contributed by atoms with Crippen LogP contribution in [0.4, 0.5) is 0 Å². The Labute approximate surface area is 480 Å². The zero-order valence-corrected chi connectivity index (χ0v) is 55.3. The second-order valence-electron chi connectivity index (χ2n) is 28.7. The third-order valence-electron chi connectivity index (χ3n) is 19.8. The third kappa shape index (κ3) is 19.0. The van der Waals surface area contributed by atoms with E-state index in [2.05, 4.69) is 160 Å². The summed E-state index contributed by atoms with van der Waals surface area (Å²) in [4.78, 5) is 3.97. The SMILES string of the molecule is CC(C)(O)CCC[C@@H](CO)C1CCC2[C@@H](O[Si](C)(C)C(C)(C)C)CCC[C@]12C.CC(C)(O)CCC[C@@H](CSc1ccccc1)C1CCC2[C@@H](O[Si](C)(C)C(C)(C)C)CCC[C@]12C.c1ccc(SSc2ccccc2)cc1. The van der Waals surface area contributed by atoms with Gasteiger partial charge in [-0.15, -0.1) is 11.8 Å². The normalized spacial score (nSPS) is 27.0. The molecule has 4 fully saturated rings. The summed E-state index contributed by atoms with van der Waals surface area (Å²) in [6, 6.07) is 31.8. The van der Waals surface area contributed by atoms with Crippen molar-refractivity contribution in [1.82, 2.24) is 0 Å². The second-order valence-corrected chi connectivity index (χ2v) is 41.6. The highest BCUT2D eigenvalue weighted by Crippen LogP contribution is 2.61. The maximum absolute atomic E-state index is 10.3. The second kappa shape index (κ2) is 28.3. The van der Waals surface area contributed by atoms with Crippen LogP contribution < -0.4 is 0 Å². The molecule has 430 valence electrons. The van der Waals surface area contributed by atoms with E-state index in [4.69, 9.17) is 8.85 Å². The van der Waals surface area contributed by atoms with Gasteiger partial charge in [-0.3, -0.25) is 0 Å². The lowest BCUT2D eigenvalue weighted by atomic mass is 9.61. The number of hydrogen-bond acceptors (Lipinski definition) is 8. The van der Waals surface area contributed by atoms with Crippen molar-refractivity contribution in [2.45, 2.75) is 260 Å². The lowest BCUT2D eigenvalue weighted by Crippen LogP contribution is -2.50. The van der Waals surface area contributed by atoms with Crippen molar-refractivity contribution in [1.29, 1.82) is 0 Å². The van der Waals surface area contributed by atoms with Gasteiger partial charge in [-0.25, -0.2) is 0 Å². The molecule has 4 unspecified atom stereocenters. The molecule has 4 aliphatic rings. The lowest BCUT2D eigenvalue weighted by Gasteiger charge is -2.50.